The van der Waals surface area contributed by atoms with Crippen molar-refractivity contribution in [2.45, 2.75) is 4.90 Å². The highest BCUT2D eigenvalue weighted by atomic mass is 35.5. The molecule has 0 spiro atoms. The van der Waals surface area contributed by atoms with Crippen LogP contribution in [0.4, 0.5) is 0 Å². The lowest BCUT2D eigenvalue weighted by atomic mass is 10.2. The van der Waals surface area contributed by atoms with Gasteiger partial charge in [-0.05, 0) is 24.3 Å². The molecular formula is C10H11ClN2O2S. The predicted octanol–water partition coefficient (Wildman–Crippen LogP) is 1.42. The van der Waals surface area contributed by atoms with Crippen LogP contribution in [0.3, 0.4) is 0 Å². The zero-order chi connectivity index (χ0) is 12.2. The van der Waals surface area contributed by atoms with Crippen LogP contribution in [0, 0.1) is 11.3 Å². The van der Waals surface area contributed by atoms with Gasteiger partial charge in [-0.2, -0.15) is 9.57 Å². The molecule has 0 radical (unpaired) electrons. The standard InChI is InChI=1S/C10H11ClN2O2S/c1-13(7-6-11)16(14,15)10-4-2-9(8-12)3-5-10/h2-5H,6-7H2,1H3. The Bertz CT molecular complexity index is 491. The Balaban J connectivity index is 3.04. The molecule has 0 saturated heterocycles. The van der Waals surface area contributed by atoms with E-state index in [1.165, 1.54) is 35.6 Å². The van der Waals surface area contributed by atoms with Crippen LogP contribution >= 0.6 is 11.6 Å². The number of benzene rings is 1. The van der Waals surface area contributed by atoms with Crippen LogP contribution in [-0.2, 0) is 10.0 Å². The van der Waals surface area contributed by atoms with E-state index >= 15 is 0 Å². The van der Waals surface area contributed by atoms with Crippen molar-refractivity contribution in [1.29, 1.82) is 5.26 Å². The van der Waals surface area contributed by atoms with E-state index in [4.69, 9.17) is 16.9 Å². The summed E-state index contributed by atoms with van der Waals surface area (Å²) in [5.41, 5.74) is 0.430. The Morgan fingerprint density at radius 3 is 2.38 bits per heavy atom. The fraction of sp³-hybridized carbons (Fsp3) is 0.300. The molecule has 0 aliphatic heterocycles. The number of rotatable bonds is 4. The van der Waals surface area contributed by atoms with Gasteiger partial charge in [0.2, 0.25) is 10.0 Å². The van der Waals surface area contributed by atoms with Gasteiger partial charge in [0.1, 0.15) is 0 Å². The zero-order valence-corrected chi connectivity index (χ0v) is 10.3. The second kappa shape index (κ2) is 5.30. The molecule has 16 heavy (non-hydrogen) atoms. The summed E-state index contributed by atoms with van der Waals surface area (Å²) in [7, 11) is -2.02. The minimum atomic E-state index is -3.49. The monoisotopic (exact) mass is 258 g/mol. The van der Waals surface area contributed by atoms with E-state index in [1.807, 2.05) is 6.07 Å². The van der Waals surface area contributed by atoms with Gasteiger partial charge in [-0.25, -0.2) is 8.42 Å². The Labute approximate surface area is 100 Å². The Morgan fingerprint density at radius 1 is 1.38 bits per heavy atom. The maximum atomic E-state index is 11.9. The number of sulfonamides is 1. The summed E-state index contributed by atoms with van der Waals surface area (Å²) >= 11 is 5.49. The van der Waals surface area contributed by atoms with Crippen molar-refractivity contribution in [3.63, 3.8) is 0 Å². The highest BCUT2D eigenvalue weighted by Gasteiger charge is 2.19. The number of alkyl halides is 1. The average Bonchev–Trinajstić information content (AvgIpc) is 2.29. The van der Waals surface area contributed by atoms with Crippen molar-refractivity contribution in [3.05, 3.63) is 29.8 Å². The smallest absolute Gasteiger partial charge is 0.207 e. The molecule has 1 aromatic rings. The molecule has 0 N–H and O–H groups in total. The molecule has 0 aliphatic carbocycles. The molecule has 0 atom stereocenters. The van der Waals surface area contributed by atoms with Crippen LogP contribution in [0.1, 0.15) is 5.56 Å². The van der Waals surface area contributed by atoms with Gasteiger partial charge in [0.25, 0.3) is 0 Å². The molecule has 0 unspecified atom stereocenters. The quantitative estimate of drug-likeness (QED) is 0.768. The Hall–Kier alpha value is -1.09. The van der Waals surface area contributed by atoms with Crippen molar-refractivity contribution >= 4 is 21.6 Å². The van der Waals surface area contributed by atoms with Crippen molar-refractivity contribution in [2.24, 2.45) is 0 Å². The average molecular weight is 259 g/mol. The number of hydrogen-bond donors (Lipinski definition) is 0. The van der Waals surface area contributed by atoms with Crippen molar-refractivity contribution in [3.8, 4) is 6.07 Å². The molecule has 0 aromatic heterocycles. The molecule has 86 valence electrons. The molecule has 0 saturated carbocycles. The van der Waals surface area contributed by atoms with E-state index in [0.717, 1.165) is 0 Å². The number of nitriles is 1. The van der Waals surface area contributed by atoms with Gasteiger partial charge in [-0.1, -0.05) is 0 Å². The van der Waals surface area contributed by atoms with E-state index in [0.29, 0.717) is 5.56 Å². The van der Waals surface area contributed by atoms with Crippen LogP contribution in [-0.4, -0.2) is 32.2 Å². The minimum Gasteiger partial charge on any atom is -0.207 e. The van der Waals surface area contributed by atoms with Gasteiger partial charge in [-0.3, -0.25) is 0 Å². The third-order valence-electron chi connectivity index (χ3n) is 2.09. The first kappa shape index (κ1) is 13.0. The SMILES string of the molecule is CN(CCCl)S(=O)(=O)c1ccc(C#N)cc1. The third-order valence-corrected chi connectivity index (χ3v) is 4.13. The van der Waals surface area contributed by atoms with Crippen LogP contribution in [0.25, 0.3) is 0 Å². The first-order valence-electron chi connectivity index (χ1n) is 4.55. The molecule has 0 fully saturated rings. The maximum absolute atomic E-state index is 11.9. The summed E-state index contributed by atoms with van der Waals surface area (Å²) in [6.45, 7) is 0.254. The highest BCUT2D eigenvalue weighted by Crippen LogP contribution is 2.14. The largest absolute Gasteiger partial charge is 0.242 e. The van der Waals surface area contributed by atoms with E-state index in [2.05, 4.69) is 0 Å². The molecule has 0 bridgehead atoms. The van der Waals surface area contributed by atoms with Gasteiger partial charge in [0.15, 0.2) is 0 Å². The molecule has 1 aromatic carbocycles. The summed E-state index contributed by atoms with van der Waals surface area (Å²) in [6, 6.07) is 7.71. The second-order valence-electron chi connectivity index (χ2n) is 3.15. The van der Waals surface area contributed by atoms with Crippen LogP contribution < -0.4 is 0 Å². The fourth-order valence-corrected chi connectivity index (χ4v) is 2.65. The van der Waals surface area contributed by atoms with Gasteiger partial charge < -0.3 is 0 Å². The zero-order valence-electron chi connectivity index (χ0n) is 8.72. The van der Waals surface area contributed by atoms with Gasteiger partial charge in [0, 0.05) is 19.5 Å². The molecule has 4 nitrogen and oxygen atoms in total. The van der Waals surface area contributed by atoms with Crippen LogP contribution in [0.2, 0.25) is 0 Å². The maximum Gasteiger partial charge on any atom is 0.242 e. The summed E-state index contributed by atoms with van der Waals surface area (Å²) in [5, 5.41) is 8.60. The third kappa shape index (κ3) is 2.73. The summed E-state index contributed by atoms with van der Waals surface area (Å²) in [4.78, 5) is 0.166. The topological polar surface area (TPSA) is 61.2 Å². The summed E-state index contributed by atoms with van der Waals surface area (Å²) in [5.74, 6) is 0.242. The fourth-order valence-electron chi connectivity index (χ4n) is 1.12. The number of hydrogen-bond acceptors (Lipinski definition) is 3. The lowest BCUT2D eigenvalue weighted by molar-refractivity contribution is 0.488. The summed E-state index contributed by atoms with van der Waals surface area (Å²) < 4.78 is 25.0. The van der Waals surface area contributed by atoms with Crippen LogP contribution in [0.15, 0.2) is 29.2 Å². The molecule has 0 aliphatic rings. The van der Waals surface area contributed by atoms with Gasteiger partial charge in [0.05, 0.1) is 16.5 Å². The van der Waals surface area contributed by atoms with Gasteiger partial charge >= 0.3 is 0 Å². The van der Waals surface area contributed by atoms with E-state index < -0.39 is 10.0 Å². The molecule has 6 heteroatoms. The molecule has 0 amide bonds. The normalized spacial score (nSPS) is 11.4. The predicted molar refractivity (Wildman–Crippen MR) is 61.7 cm³/mol. The van der Waals surface area contributed by atoms with E-state index in [9.17, 15) is 8.42 Å². The lowest BCUT2D eigenvalue weighted by Gasteiger charge is -2.15. The lowest BCUT2D eigenvalue weighted by Crippen LogP contribution is -2.28. The van der Waals surface area contributed by atoms with E-state index in [1.54, 1.807) is 0 Å². The molecule has 1 rings (SSSR count). The van der Waals surface area contributed by atoms with Crippen molar-refractivity contribution in [1.82, 2.24) is 4.31 Å². The number of halogens is 1. The minimum absolute atomic E-state index is 0.166. The number of nitrogens with zero attached hydrogens (tertiary/aromatic N) is 2. The van der Waals surface area contributed by atoms with Crippen LogP contribution in [0.5, 0.6) is 0 Å². The molecule has 0 heterocycles. The molecular weight excluding hydrogens is 248 g/mol. The summed E-state index contributed by atoms with van der Waals surface area (Å²) in [6.07, 6.45) is 0. The van der Waals surface area contributed by atoms with E-state index in [-0.39, 0.29) is 17.3 Å². The first-order chi connectivity index (χ1) is 7.52. The van der Waals surface area contributed by atoms with Gasteiger partial charge in [-0.15, -0.1) is 11.6 Å². The van der Waals surface area contributed by atoms with Crippen molar-refractivity contribution < 1.29 is 8.42 Å². The highest BCUT2D eigenvalue weighted by molar-refractivity contribution is 7.89. The Morgan fingerprint density at radius 2 is 1.94 bits per heavy atom. The first-order valence-corrected chi connectivity index (χ1v) is 6.52. The second-order valence-corrected chi connectivity index (χ2v) is 5.57. The van der Waals surface area contributed by atoms with Crippen molar-refractivity contribution in [2.75, 3.05) is 19.5 Å². The Kier molecular flexibility index (Phi) is 4.30.